The highest BCUT2D eigenvalue weighted by atomic mass is 79.9. The molecule has 4 nitrogen and oxygen atoms in total. The van der Waals surface area contributed by atoms with Crippen LogP contribution >= 0.6 is 38.6 Å². The SMILES string of the molecule is COc1cc(-c2scc(COc3cccc(C(CC(=O)O)C4CC4)c3)c2Br)c2ccsc2c1. The normalized spacial score (nSPS) is 14.4. The number of carboxylic acid groups (broad SMARTS) is 1. The summed E-state index contributed by atoms with van der Waals surface area (Å²) in [6.07, 6.45) is 2.38. The molecule has 0 amide bonds. The zero-order chi connectivity index (χ0) is 22.9. The minimum absolute atomic E-state index is 0.0617. The van der Waals surface area contributed by atoms with Crippen LogP contribution in [0.4, 0.5) is 0 Å². The van der Waals surface area contributed by atoms with Crippen molar-refractivity contribution in [2.24, 2.45) is 5.92 Å². The second-order valence-corrected chi connectivity index (χ2v) is 10.9. The van der Waals surface area contributed by atoms with Gasteiger partial charge < -0.3 is 14.6 Å². The Balaban J connectivity index is 1.36. The number of benzene rings is 2. The maximum Gasteiger partial charge on any atom is 0.303 e. The summed E-state index contributed by atoms with van der Waals surface area (Å²) in [6.45, 7) is 0.435. The van der Waals surface area contributed by atoms with Crippen molar-refractivity contribution in [1.82, 2.24) is 0 Å². The molecule has 1 aliphatic rings. The highest BCUT2D eigenvalue weighted by molar-refractivity contribution is 9.10. The van der Waals surface area contributed by atoms with Crippen LogP contribution < -0.4 is 9.47 Å². The molecule has 4 aromatic rings. The fourth-order valence-corrected chi connectivity index (χ4v) is 6.94. The third-order valence-corrected chi connectivity index (χ3v) is 9.19. The summed E-state index contributed by atoms with van der Waals surface area (Å²) in [5.41, 5.74) is 3.28. The molecule has 170 valence electrons. The van der Waals surface area contributed by atoms with Crippen LogP contribution in [0.5, 0.6) is 11.5 Å². The lowest BCUT2D eigenvalue weighted by Crippen LogP contribution is -2.08. The molecule has 2 aromatic heterocycles. The Bertz CT molecular complexity index is 1300. The topological polar surface area (TPSA) is 55.8 Å². The number of rotatable bonds is 9. The largest absolute Gasteiger partial charge is 0.497 e. The van der Waals surface area contributed by atoms with Gasteiger partial charge in [-0.2, -0.15) is 0 Å². The number of halogens is 1. The zero-order valence-corrected chi connectivity index (χ0v) is 21.3. The summed E-state index contributed by atoms with van der Waals surface area (Å²) >= 11 is 7.20. The van der Waals surface area contributed by atoms with Gasteiger partial charge in [-0.3, -0.25) is 4.79 Å². The van der Waals surface area contributed by atoms with E-state index in [9.17, 15) is 9.90 Å². The average Bonchev–Trinajstić information content (AvgIpc) is 3.43. The Morgan fingerprint density at radius 1 is 1.18 bits per heavy atom. The first-order chi connectivity index (χ1) is 16.0. The quantitative estimate of drug-likeness (QED) is 0.233. The Hall–Kier alpha value is -2.35. The van der Waals surface area contributed by atoms with Crippen molar-refractivity contribution in [3.05, 3.63) is 68.8 Å². The fraction of sp³-hybridized carbons (Fsp3) is 0.269. The van der Waals surface area contributed by atoms with Crippen LogP contribution in [0.2, 0.25) is 0 Å². The molecule has 1 aliphatic carbocycles. The van der Waals surface area contributed by atoms with Crippen LogP contribution in [-0.2, 0) is 11.4 Å². The lowest BCUT2D eigenvalue weighted by Gasteiger charge is -2.16. The van der Waals surface area contributed by atoms with Crippen molar-refractivity contribution in [3.8, 4) is 21.9 Å². The van der Waals surface area contributed by atoms with Crippen LogP contribution in [0.15, 0.2) is 57.7 Å². The molecule has 0 aliphatic heterocycles. The third-order valence-electron chi connectivity index (χ3n) is 6.09. The molecule has 1 unspecified atom stereocenters. The molecule has 0 radical (unpaired) electrons. The van der Waals surface area contributed by atoms with Crippen LogP contribution in [0.3, 0.4) is 0 Å². The fourth-order valence-electron chi connectivity index (χ4n) is 4.25. The molecule has 2 aromatic carbocycles. The molecule has 0 spiro atoms. The number of fused-ring (bicyclic) bond motifs is 1. The third kappa shape index (κ3) is 4.81. The van der Waals surface area contributed by atoms with Crippen molar-refractivity contribution in [3.63, 3.8) is 0 Å². The van der Waals surface area contributed by atoms with Gasteiger partial charge in [0.05, 0.1) is 13.5 Å². The average molecular weight is 544 g/mol. The first kappa shape index (κ1) is 22.4. The van der Waals surface area contributed by atoms with Crippen LogP contribution in [0.25, 0.3) is 20.5 Å². The second kappa shape index (κ2) is 9.49. The maximum atomic E-state index is 11.3. The van der Waals surface area contributed by atoms with Crippen LogP contribution in [0, 0.1) is 5.92 Å². The number of ether oxygens (including phenoxy) is 2. The van der Waals surface area contributed by atoms with E-state index in [4.69, 9.17) is 9.47 Å². The molecule has 1 fully saturated rings. The molecule has 33 heavy (non-hydrogen) atoms. The Labute approximate surface area is 208 Å². The van der Waals surface area contributed by atoms with Gasteiger partial charge in [0.25, 0.3) is 0 Å². The minimum atomic E-state index is -0.745. The molecule has 1 N–H and O–H groups in total. The summed E-state index contributed by atoms with van der Waals surface area (Å²) in [5, 5.41) is 14.8. The highest BCUT2D eigenvalue weighted by Gasteiger charge is 2.33. The van der Waals surface area contributed by atoms with Gasteiger partial charge in [0, 0.05) is 30.6 Å². The van der Waals surface area contributed by atoms with Crippen LogP contribution in [0.1, 0.15) is 36.3 Å². The van der Waals surface area contributed by atoms with Crippen molar-refractivity contribution < 1.29 is 19.4 Å². The van der Waals surface area contributed by atoms with Crippen molar-refractivity contribution >= 4 is 54.7 Å². The Morgan fingerprint density at radius 2 is 2.03 bits per heavy atom. The van der Waals surface area contributed by atoms with Crippen molar-refractivity contribution in [2.45, 2.75) is 31.8 Å². The number of hydrogen-bond donors (Lipinski definition) is 1. The predicted octanol–water partition coefficient (Wildman–Crippen LogP) is 7.95. The van der Waals surface area contributed by atoms with E-state index in [1.54, 1.807) is 29.8 Å². The molecule has 1 atom stereocenters. The smallest absolute Gasteiger partial charge is 0.303 e. The van der Waals surface area contributed by atoms with E-state index in [0.717, 1.165) is 50.4 Å². The molecular formula is C26H23BrO4S2. The van der Waals surface area contributed by atoms with Gasteiger partial charge >= 0.3 is 5.97 Å². The second-order valence-electron chi connectivity index (χ2n) is 8.31. The number of hydrogen-bond acceptors (Lipinski definition) is 5. The van der Waals surface area contributed by atoms with Crippen molar-refractivity contribution in [1.29, 1.82) is 0 Å². The number of methoxy groups -OCH3 is 1. The lowest BCUT2D eigenvalue weighted by atomic mass is 9.91. The van der Waals surface area contributed by atoms with Gasteiger partial charge in [-0.15, -0.1) is 22.7 Å². The van der Waals surface area contributed by atoms with Gasteiger partial charge in [-0.05, 0) is 87.3 Å². The van der Waals surface area contributed by atoms with Gasteiger partial charge in [0.2, 0.25) is 0 Å². The monoisotopic (exact) mass is 542 g/mol. The number of carboxylic acids is 1. The van der Waals surface area contributed by atoms with Crippen molar-refractivity contribution in [2.75, 3.05) is 7.11 Å². The number of carbonyl (C=O) groups is 1. The number of thiophene rings is 2. The van der Waals surface area contributed by atoms with Gasteiger partial charge in [-0.1, -0.05) is 12.1 Å². The minimum Gasteiger partial charge on any atom is -0.497 e. The Morgan fingerprint density at radius 3 is 2.79 bits per heavy atom. The number of aliphatic carboxylic acids is 1. The first-order valence-corrected chi connectivity index (χ1v) is 13.3. The molecule has 1 saturated carbocycles. The molecule has 7 heteroatoms. The summed E-state index contributed by atoms with van der Waals surface area (Å²) < 4.78 is 13.9. The highest BCUT2D eigenvalue weighted by Crippen LogP contribution is 2.46. The summed E-state index contributed by atoms with van der Waals surface area (Å²) in [6, 6.07) is 14.2. The van der Waals surface area contributed by atoms with Gasteiger partial charge in [-0.25, -0.2) is 0 Å². The molecular weight excluding hydrogens is 520 g/mol. The summed E-state index contributed by atoms with van der Waals surface area (Å²) in [5.74, 6) is 1.41. The van der Waals surface area contributed by atoms with E-state index in [2.05, 4.69) is 44.9 Å². The molecule has 0 saturated heterocycles. The molecule has 0 bridgehead atoms. The maximum absolute atomic E-state index is 11.3. The van der Waals surface area contributed by atoms with Gasteiger partial charge in [0.15, 0.2) is 0 Å². The van der Waals surface area contributed by atoms with E-state index in [-0.39, 0.29) is 12.3 Å². The van der Waals surface area contributed by atoms with E-state index >= 15 is 0 Å². The summed E-state index contributed by atoms with van der Waals surface area (Å²) in [4.78, 5) is 12.5. The standard InChI is InChI=1S/C26H23BrO4S2/c1-30-19-10-22(20-7-8-32-23(20)11-19)26-25(27)17(14-33-26)13-31-18-4-2-3-16(9-18)21(12-24(28)29)15-5-6-15/h2-4,7-11,14-15,21H,5-6,12-13H2,1H3,(H,28,29). The zero-order valence-electron chi connectivity index (χ0n) is 18.0. The van der Waals surface area contributed by atoms with E-state index in [0.29, 0.717) is 12.5 Å². The Kier molecular flexibility index (Phi) is 6.45. The van der Waals surface area contributed by atoms with E-state index < -0.39 is 5.97 Å². The van der Waals surface area contributed by atoms with E-state index in [1.807, 2.05) is 24.3 Å². The van der Waals surface area contributed by atoms with Gasteiger partial charge in [0.1, 0.15) is 18.1 Å². The molecule has 2 heterocycles. The molecule has 5 rings (SSSR count). The van der Waals surface area contributed by atoms with E-state index in [1.165, 1.54) is 10.1 Å². The van der Waals surface area contributed by atoms with Crippen LogP contribution in [-0.4, -0.2) is 18.2 Å². The predicted molar refractivity (Wildman–Crippen MR) is 138 cm³/mol. The first-order valence-electron chi connectivity index (χ1n) is 10.8. The summed E-state index contributed by atoms with van der Waals surface area (Å²) in [7, 11) is 1.69. The lowest BCUT2D eigenvalue weighted by molar-refractivity contribution is -0.137.